The largest absolute Gasteiger partial charge is 0.454 e. The Kier molecular flexibility index (Phi) is 2.74. The predicted octanol–water partition coefficient (Wildman–Crippen LogP) is 1.17. The number of hydrogen-bond donors (Lipinski definition) is 0. The molecular formula is C12H15NO5S. The molecule has 1 aromatic rings. The van der Waals surface area contributed by atoms with Gasteiger partial charge >= 0.3 is 0 Å². The summed E-state index contributed by atoms with van der Waals surface area (Å²) in [4.78, 5) is 0.190. The highest BCUT2D eigenvalue weighted by Crippen LogP contribution is 2.36. The molecule has 2 heterocycles. The Bertz CT molecular complexity index is 611. The van der Waals surface area contributed by atoms with Crippen LogP contribution in [0.1, 0.15) is 13.8 Å². The van der Waals surface area contributed by atoms with Crippen molar-refractivity contribution in [1.82, 2.24) is 4.31 Å². The average molecular weight is 285 g/mol. The minimum absolute atomic E-state index is 0.0732. The summed E-state index contributed by atoms with van der Waals surface area (Å²) < 4.78 is 42.2. The van der Waals surface area contributed by atoms with Crippen LogP contribution in [0.4, 0.5) is 0 Å². The number of hydrogen-bond acceptors (Lipinski definition) is 5. The van der Waals surface area contributed by atoms with E-state index in [-0.39, 0.29) is 18.4 Å². The monoisotopic (exact) mass is 285 g/mol. The summed E-state index contributed by atoms with van der Waals surface area (Å²) in [7, 11) is -3.60. The molecule has 0 bridgehead atoms. The predicted molar refractivity (Wildman–Crippen MR) is 66.5 cm³/mol. The molecule has 6 nitrogen and oxygen atoms in total. The third kappa shape index (κ3) is 1.98. The van der Waals surface area contributed by atoms with Crippen molar-refractivity contribution in [2.75, 3.05) is 20.1 Å². The molecule has 2 aliphatic heterocycles. The Morgan fingerprint density at radius 2 is 1.95 bits per heavy atom. The Hall–Kier alpha value is -1.31. The van der Waals surface area contributed by atoms with Crippen molar-refractivity contribution < 1.29 is 22.6 Å². The van der Waals surface area contributed by atoms with Crippen molar-refractivity contribution >= 4 is 10.0 Å². The molecule has 1 saturated heterocycles. The van der Waals surface area contributed by atoms with Gasteiger partial charge in [-0.2, -0.15) is 4.31 Å². The molecule has 0 radical (unpaired) electrons. The third-order valence-corrected chi connectivity index (χ3v) is 5.30. The first-order valence-corrected chi connectivity index (χ1v) is 7.35. The zero-order valence-electron chi connectivity index (χ0n) is 10.8. The van der Waals surface area contributed by atoms with Crippen molar-refractivity contribution in [3.8, 4) is 11.5 Å². The Morgan fingerprint density at radius 3 is 2.63 bits per heavy atom. The highest BCUT2D eigenvalue weighted by atomic mass is 32.2. The van der Waals surface area contributed by atoms with Gasteiger partial charge in [0.1, 0.15) is 6.73 Å². The summed E-state index contributed by atoms with van der Waals surface area (Å²) in [5, 5.41) is 0. The number of sulfonamides is 1. The van der Waals surface area contributed by atoms with Crippen LogP contribution in [0.3, 0.4) is 0 Å². The SMILES string of the molecule is CC1(C)COCN1S(=O)(=O)c1ccc2c(c1)OCO2. The highest BCUT2D eigenvalue weighted by molar-refractivity contribution is 7.89. The number of benzene rings is 1. The van der Waals surface area contributed by atoms with E-state index in [1.807, 2.05) is 13.8 Å². The maximum absolute atomic E-state index is 12.6. The van der Waals surface area contributed by atoms with Crippen LogP contribution in [-0.2, 0) is 14.8 Å². The summed E-state index contributed by atoms with van der Waals surface area (Å²) in [6, 6.07) is 4.63. The van der Waals surface area contributed by atoms with Gasteiger partial charge in [0.15, 0.2) is 11.5 Å². The first kappa shape index (κ1) is 12.7. The van der Waals surface area contributed by atoms with E-state index in [9.17, 15) is 8.42 Å². The molecule has 0 atom stereocenters. The van der Waals surface area contributed by atoms with Crippen LogP contribution in [0.25, 0.3) is 0 Å². The second-order valence-corrected chi connectivity index (χ2v) is 7.02. The van der Waals surface area contributed by atoms with Gasteiger partial charge in [-0.1, -0.05) is 0 Å². The van der Waals surface area contributed by atoms with Gasteiger partial charge in [-0.15, -0.1) is 0 Å². The fourth-order valence-electron chi connectivity index (χ4n) is 2.18. The topological polar surface area (TPSA) is 65.1 Å². The molecular weight excluding hydrogens is 270 g/mol. The van der Waals surface area contributed by atoms with Gasteiger partial charge in [0.25, 0.3) is 0 Å². The molecule has 3 rings (SSSR count). The number of rotatable bonds is 2. The van der Waals surface area contributed by atoms with Gasteiger partial charge < -0.3 is 14.2 Å². The number of ether oxygens (including phenoxy) is 3. The van der Waals surface area contributed by atoms with Crippen LogP contribution < -0.4 is 9.47 Å². The fraction of sp³-hybridized carbons (Fsp3) is 0.500. The minimum atomic E-state index is -3.60. The van der Waals surface area contributed by atoms with Gasteiger partial charge in [-0.05, 0) is 26.0 Å². The summed E-state index contributed by atoms with van der Waals surface area (Å²) >= 11 is 0. The molecule has 19 heavy (non-hydrogen) atoms. The molecule has 0 unspecified atom stereocenters. The second-order valence-electron chi connectivity index (χ2n) is 5.16. The van der Waals surface area contributed by atoms with E-state index in [1.54, 1.807) is 6.07 Å². The van der Waals surface area contributed by atoms with Crippen LogP contribution in [0.5, 0.6) is 11.5 Å². The van der Waals surface area contributed by atoms with E-state index in [4.69, 9.17) is 14.2 Å². The van der Waals surface area contributed by atoms with Crippen LogP contribution in [0.15, 0.2) is 23.1 Å². The standard InChI is InChI=1S/C12H15NO5S/c1-12(2)6-16-7-13(12)19(14,15)9-3-4-10-11(5-9)18-8-17-10/h3-5H,6-8H2,1-2H3. The molecule has 1 aromatic carbocycles. The van der Waals surface area contributed by atoms with E-state index in [0.717, 1.165) is 0 Å². The van der Waals surface area contributed by atoms with Crippen LogP contribution in [-0.4, -0.2) is 38.4 Å². The molecule has 0 amide bonds. The summed E-state index contributed by atoms with van der Waals surface area (Å²) in [6.45, 7) is 4.26. The second kappa shape index (κ2) is 4.09. The lowest BCUT2D eigenvalue weighted by Crippen LogP contribution is -2.44. The van der Waals surface area contributed by atoms with Crippen molar-refractivity contribution in [3.05, 3.63) is 18.2 Å². The van der Waals surface area contributed by atoms with E-state index in [0.29, 0.717) is 18.1 Å². The van der Waals surface area contributed by atoms with E-state index in [1.165, 1.54) is 16.4 Å². The van der Waals surface area contributed by atoms with Gasteiger partial charge in [0.05, 0.1) is 17.0 Å². The molecule has 0 spiro atoms. The summed E-state index contributed by atoms with van der Waals surface area (Å²) in [6.07, 6.45) is 0. The molecule has 0 saturated carbocycles. The molecule has 0 aliphatic carbocycles. The Morgan fingerprint density at radius 1 is 1.21 bits per heavy atom. The molecule has 2 aliphatic rings. The molecule has 0 aromatic heterocycles. The normalized spacial score (nSPS) is 21.8. The van der Waals surface area contributed by atoms with Crippen LogP contribution in [0, 0.1) is 0 Å². The first-order valence-electron chi connectivity index (χ1n) is 5.91. The third-order valence-electron chi connectivity index (χ3n) is 3.27. The van der Waals surface area contributed by atoms with Crippen molar-refractivity contribution in [2.45, 2.75) is 24.3 Å². The quantitative estimate of drug-likeness (QED) is 0.816. The maximum Gasteiger partial charge on any atom is 0.245 e. The fourth-order valence-corrected chi connectivity index (χ4v) is 3.85. The van der Waals surface area contributed by atoms with E-state index >= 15 is 0 Å². The Labute approximate surface area is 111 Å². The molecule has 0 N–H and O–H groups in total. The summed E-state index contributed by atoms with van der Waals surface area (Å²) in [5.41, 5.74) is -0.546. The lowest BCUT2D eigenvalue weighted by Gasteiger charge is -2.28. The lowest BCUT2D eigenvalue weighted by molar-refractivity contribution is 0.171. The Balaban J connectivity index is 2.01. The smallest absolute Gasteiger partial charge is 0.245 e. The zero-order valence-corrected chi connectivity index (χ0v) is 11.6. The molecule has 104 valence electrons. The zero-order chi connectivity index (χ0) is 13.7. The van der Waals surface area contributed by atoms with Gasteiger partial charge in [-0.3, -0.25) is 0 Å². The van der Waals surface area contributed by atoms with Crippen LogP contribution in [0.2, 0.25) is 0 Å². The molecule has 1 fully saturated rings. The van der Waals surface area contributed by atoms with Crippen molar-refractivity contribution in [1.29, 1.82) is 0 Å². The highest BCUT2D eigenvalue weighted by Gasteiger charge is 2.42. The van der Waals surface area contributed by atoms with E-state index in [2.05, 4.69) is 0 Å². The van der Waals surface area contributed by atoms with Crippen molar-refractivity contribution in [2.24, 2.45) is 0 Å². The number of nitrogens with zero attached hydrogens (tertiary/aromatic N) is 1. The summed E-state index contributed by atoms with van der Waals surface area (Å²) in [5.74, 6) is 1.02. The van der Waals surface area contributed by atoms with Gasteiger partial charge in [-0.25, -0.2) is 8.42 Å². The van der Waals surface area contributed by atoms with Crippen LogP contribution >= 0.6 is 0 Å². The maximum atomic E-state index is 12.6. The minimum Gasteiger partial charge on any atom is -0.454 e. The lowest BCUT2D eigenvalue weighted by atomic mass is 10.1. The van der Waals surface area contributed by atoms with Gasteiger partial charge in [0.2, 0.25) is 16.8 Å². The molecule has 7 heteroatoms. The van der Waals surface area contributed by atoms with E-state index < -0.39 is 15.6 Å². The first-order chi connectivity index (χ1) is 8.91. The van der Waals surface area contributed by atoms with Crippen molar-refractivity contribution in [3.63, 3.8) is 0 Å². The number of fused-ring (bicyclic) bond motifs is 1. The average Bonchev–Trinajstić information content (AvgIpc) is 2.93. The van der Waals surface area contributed by atoms with Gasteiger partial charge in [0, 0.05) is 6.07 Å².